The number of nitrogens with zero attached hydrogens (tertiary/aromatic N) is 1. The van der Waals surface area contributed by atoms with E-state index in [2.05, 4.69) is 9.71 Å². The fourth-order valence-electron chi connectivity index (χ4n) is 1.64. The molecule has 0 aliphatic heterocycles. The molecule has 8 heteroatoms. The van der Waals surface area contributed by atoms with E-state index in [1.54, 1.807) is 13.0 Å². The van der Waals surface area contributed by atoms with Crippen LogP contribution in [-0.2, 0) is 11.4 Å². The second kappa shape index (κ2) is 7.72. The normalized spacial score (nSPS) is 15.3. The molecule has 0 saturated heterocycles. The van der Waals surface area contributed by atoms with Gasteiger partial charge in [-0.3, -0.25) is 0 Å². The van der Waals surface area contributed by atoms with Crippen molar-refractivity contribution < 1.29 is 22.5 Å². The summed E-state index contributed by atoms with van der Waals surface area (Å²) >= 11 is -1.23. The van der Waals surface area contributed by atoms with Crippen LogP contribution < -0.4 is 9.46 Å². The van der Waals surface area contributed by atoms with E-state index in [4.69, 9.17) is 4.74 Å². The van der Waals surface area contributed by atoms with E-state index < -0.39 is 35.3 Å². The zero-order valence-corrected chi connectivity index (χ0v) is 14.8. The summed E-state index contributed by atoms with van der Waals surface area (Å²) in [6, 6.07) is 1.57. The highest BCUT2D eigenvalue weighted by molar-refractivity contribution is 7.90. The largest absolute Gasteiger partial charge is 0.598 e. The van der Waals surface area contributed by atoms with Crippen molar-refractivity contribution in [2.75, 3.05) is 6.61 Å². The molecule has 1 aromatic heterocycles. The van der Waals surface area contributed by atoms with E-state index in [-0.39, 0.29) is 11.9 Å². The van der Waals surface area contributed by atoms with Crippen molar-refractivity contribution in [3.8, 4) is 5.88 Å². The molecule has 0 aliphatic carbocycles. The Kier molecular flexibility index (Phi) is 6.73. The number of rotatable bonds is 6. The minimum atomic E-state index is -4.25. The predicted octanol–water partition coefficient (Wildman–Crippen LogP) is 3.83. The fourth-order valence-corrected chi connectivity index (χ4v) is 2.45. The maximum Gasteiger partial charge on any atom is 0.392 e. The predicted molar refractivity (Wildman–Crippen MR) is 84.6 cm³/mol. The van der Waals surface area contributed by atoms with Crippen LogP contribution >= 0.6 is 0 Å². The third-order valence-electron chi connectivity index (χ3n) is 3.02. The first-order valence-electron chi connectivity index (χ1n) is 7.24. The molecule has 1 rings (SSSR count). The number of hydrogen-bond donors (Lipinski definition) is 1. The number of aromatic nitrogens is 1. The zero-order chi connectivity index (χ0) is 17.8. The lowest BCUT2D eigenvalue weighted by Gasteiger charge is -2.26. The molecule has 2 atom stereocenters. The number of nitrogens with one attached hydrogen (secondary N) is 1. The number of halogens is 3. The first kappa shape index (κ1) is 20.1. The van der Waals surface area contributed by atoms with Crippen molar-refractivity contribution in [2.45, 2.75) is 58.0 Å². The Morgan fingerprint density at radius 2 is 1.96 bits per heavy atom. The van der Waals surface area contributed by atoms with Crippen LogP contribution in [0.3, 0.4) is 0 Å². The third-order valence-corrected chi connectivity index (χ3v) is 4.70. The second-order valence-electron chi connectivity index (χ2n) is 6.32. The van der Waals surface area contributed by atoms with Gasteiger partial charge in [0.05, 0.1) is 19.1 Å². The quantitative estimate of drug-likeness (QED) is 0.791. The molecule has 0 aromatic carbocycles. The van der Waals surface area contributed by atoms with Crippen molar-refractivity contribution in [2.24, 2.45) is 0 Å². The molecule has 1 N–H and O–H groups in total. The van der Waals surface area contributed by atoms with Crippen molar-refractivity contribution in [1.29, 1.82) is 0 Å². The summed E-state index contributed by atoms with van der Waals surface area (Å²) in [5, 5.41) is 0. The molecule has 0 saturated carbocycles. The Morgan fingerprint density at radius 1 is 1.35 bits per heavy atom. The average molecular weight is 352 g/mol. The lowest BCUT2D eigenvalue weighted by molar-refractivity contribution is -0.139. The Balaban J connectivity index is 2.68. The Morgan fingerprint density at radius 3 is 2.43 bits per heavy atom. The molecule has 0 aliphatic rings. The minimum absolute atomic E-state index is 0.183. The van der Waals surface area contributed by atoms with Gasteiger partial charge in [0.15, 0.2) is 0 Å². The second-order valence-corrected chi connectivity index (χ2v) is 8.32. The van der Waals surface area contributed by atoms with E-state index in [1.165, 1.54) is 6.20 Å². The van der Waals surface area contributed by atoms with Gasteiger partial charge in [-0.25, -0.2) is 4.98 Å². The summed E-state index contributed by atoms with van der Waals surface area (Å²) in [6.45, 7) is 8.70. The van der Waals surface area contributed by atoms with Crippen LogP contribution in [0.4, 0.5) is 13.2 Å². The monoisotopic (exact) mass is 352 g/mol. The third kappa shape index (κ3) is 6.97. The smallest absolute Gasteiger partial charge is 0.392 e. The molecule has 1 heterocycles. The van der Waals surface area contributed by atoms with E-state index in [0.717, 1.165) is 5.56 Å². The standard InChI is InChI=1S/C15H23F3N2O2S/c1-10-8-12(11(2)20-23(21)14(3,4)5)9-19-13(10)22-7-6-15(16,17)18/h8-9,11,20H,6-7H2,1-5H3/t11-,23-/m1/s1. The van der Waals surface area contributed by atoms with Gasteiger partial charge in [0.25, 0.3) is 0 Å². The van der Waals surface area contributed by atoms with Crippen molar-refractivity contribution in [3.63, 3.8) is 0 Å². The summed E-state index contributed by atoms with van der Waals surface area (Å²) in [6.07, 6.45) is -3.74. The number of pyridine rings is 1. The molecule has 0 unspecified atom stereocenters. The molecule has 0 fully saturated rings. The van der Waals surface area contributed by atoms with Crippen molar-refractivity contribution in [1.82, 2.24) is 9.71 Å². The first-order valence-corrected chi connectivity index (χ1v) is 8.39. The number of aryl methyl sites for hydroxylation is 1. The van der Waals surface area contributed by atoms with Gasteiger partial charge in [-0.2, -0.15) is 13.2 Å². The van der Waals surface area contributed by atoms with E-state index in [1.807, 2.05) is 27.7 Å². The van der Waals surface area contributed by atoms with Crippen LogP contribution in [0.2, 0.25) is 0 Å². The zero-order valence-electron chi connectivity index (χ0n) is 14.0. The maximum atomic E-state index is 12.1. The van der Waals surface area contributed by atoms with E-state index in [0.29, 0.717) is 5.56 Å². The number of ether oxygens (including phenoxy) is 1. The topological polar surface area (TPSA) is 57.2 Å². The van der Waals surface area contributed by atoms with Gasteiger partial charge in [-0.15, -0.1) is 4.72 Å². The Bertz CT molecular complexity index is 518. The highest BCUT2D eigenvalue weighted by Gasteiger charge is 2.29. The average Bonchev–Trinajstić information content (AvgIpc) is 2.37. The maximum absolute atomic E-state index is 12.1. The Labute approximate surface area is 138 Å². The Hall–Kier alpha value is -0.990. The van der Waals surface area contributed by atoms with Gasteiger partial charge in [0.1, 0.15) is 4.75 Å². The fraction of sp³-hybridized carbons (Fsp3) is 0.667. The molecule has 4 nitrogen and oxygen atoms in total. The van der Waals surface area contributed by atoms with Gasteiger partial charge < -0.3 is 9.29 Å². The molecule has 0 radical (unpaired) electrons. The van der Waals surface area contributed by atoms with Gasteiger partial charge in [0.2, 0.25) is 5.88 Å². The molecule has 23 heavy (non-hydrogen) atoms. The number of alkyl halides is 3. The van der Waals surface area contributed by atoms with Crippen LogP contribution in [0.15, 0.2) is 12.3 Å². The molecular weight excluding hydrogens is 329 g/mol. The highest BCUT2D eigenvalue weighted by Crippen LogP contribution is 2.24. The van der Waals surface area contributed by atoms with E-state index >= 15 is 0 Å². The van der Waals surface area contributed by atoms with Gasteiger partial charge in [-0.05, 0) is 46.2 Å². The summed E-state index contributed by atoms with van der Waals surface area (Å²) in [7, 11) is 0. The van der Waals surface area contributed by atoms with Crippen LogP contribution in [-0.4, -0.2) is 27.1 Å². The summed E-state index contributed by atoms with van der Waals surface area (Å²) in [4.78, 5) is 4.06. The lowest BCUT2D eigenvalue weighted by Crippen LogP contribution is -2.40. The number of hydrogen-bond acceptors (Lipinski definition) is 4. The summed E-state index contributed by atoms with van der Waals surface area (Å²) in [5.74, 6) is 0.183. The van der Waals surface area contributed by atoms with Gasteiger partial charge in [-0.1, -0.05) is 0 Å². The summed E-state index contributed by atoms with van der Waals surface area (Å²) in [5.41, 5.74) is 1.43. The van der Waals surface area contributed by atoms with Crippen LogP contribution in [0.25, 0.3) is 0 Å². The van der Waals surface area contributed by atoms with E-state index in [9.17, 15) is 17.7 Å². The van der Waals surface area contributed by atoms with Gasteiger partial charge >= 0.3 is 6.18 Å². The molecular formula is C15H23F3N2O2S. The molecule has 0 bridgehead atoms. The lowest BCUT2D eigenvalue weighted by atomic mass is 10.1. The minimum Gasteiger partial charge on any atom is -0.598 e. The summed E-state index contributed by atoms with van der Waals surface area (Å²) < 4.78 is 56.1. The molecule has 0 amide bonds. The van der Waals surface area contributed by atoms with Crippen LogP contribution in [0, 0.1) is 6.92 Å². The SMILES string of the molecule is Cc1cc([C@@H](C)N[S@+]([O-])C(C)(C)C)cnc1OCCC(F)(F)F. The van der Waals surface area contributed by atoms with Crippen molar-refractivity contribution in [3.05, 3.63) is 23.4 Å². The van der Waals surface area contributed by atoms with Crippen LogP contribution in [0.5, 0.6) is 5.88 Å². The molecule has 0 spiro atoms. The van der Waals surface area contributed by atoms with Crippen LogP contribution in [0.1, 0.15) is 51.3 Å². The van der Waals surface area contributed by atoms with Gasteiger partial charge in [0, 0.05) is 23.1 Å². The highest BCUT2D eigenvalue weighted by atomic mass is 32.2. The van der Waals surface area contributed by atoms with Crippen molar-refractivity contribution >= 4 is 11.4 Å². The molecule has 1 aromatic rings. The first-order chi connectivity index (χ1) is 10.4. The molecule has 132 valence electrons.